The van der Waals surface area contributed by atoms with E-state index in [2.05, 4.69) is 4.99 Å². The lowest BCUT2D eigenvalue weighted by atomic mass is 9.94. The number of benzene rings is 1. The van der Waals surface area contributed by atoms with Gasteiger partial charge in [-0.3, -0.25) is 9.69 Å². The summed E-state index contributed by atoms with van der Waals surface area (Å²) in [6.07, 6.45) is 0.706. The number of ether oxygens (including phenoxy) is 2. The number of esters is 1. The molecule has 0 aliphatic carbocycles. The number of aliphatic imine (C=N–C) groups is 1. The van der Waals surface area contributed by atoms with Gasteiger partial charge in [0.1, 0.15) is 5.75 Å². The number of hydrogen-bond donors (Lipinski definition) is 0. The highest BCUT2D eigenvalue weighted by Gasteiger charge is 2.47. The van der Waals surface area contributed by atoms with Crippen molar-refractivity contribution in [2.75, 3.05) is 13.7 Å². The van der Waals surface area contributed by atoms with E-state index in [-0.39, 0.29) is 17.8 Å². The third kappa shape index (κ3) is 3.11. The number of amidine groups is 1. The summed E-state index contributed by atoms with van der Waals surface area (Å²) >= 11 is 1.45. The Bertz CT molecular complexity index is 802. The molecule has 2 aliphatic heterocycles. The predicted molar refractivity (Wildman–Crippen MR) is 101 cm³/mol. The van der Waals surface area contributed by atoms with E-state index in [4.69, 9.17) is 9.47 Å². The molecule has 2 atom stereocenters. The first kappa shape index (κ1) is 18.5. The van der Waals surface area contributed by atoms with Crippen LogP contribution in [0.3, 0.4) is 0 Å². The van der Waals surface area contributed by atoms with Gasteiger partial charge in [-0.2, -0.15) is 0 Å². The van der Waals surface area contributed by atoms with Gasteiger partial charge in [0.2, 0.25) is 5.91 Å². The summed E-state index contributed by atoms with van der Waals surface area (Å²) in [5.74, 6) is 0.190. The lowest BCUT2D eigenvalue weighted by Crippen LogP contribution is -2.40. The summed E-state index contributed by atoms with van der Waals surface area (Å²) in [5.41, 5.74) is 1.78. The minimum absolute atomic E-state index is 0.0293. The Hall–Kier alpha value is -2.28. The van der Waals surface area contributed by atoms with Crippen LogP contribution in [0.15, 0.2) is 40.5 Å². The number of thioether (sulfide) groups is 1. The molecule has 138 valence electrons. The van der Waals surface area contributed by atoms with Crippen molar-refractivity contribution in [1.82, 2.24) is 4.90 Å². The molecular formula is C19H22N2O4S. The summed E-state index contributed by atoms with van der Waals surface area (Å²) in [5, 5.41) is 0.455. The SMILES string of the molecule is CCOC(=O)C1=C(C)N=C2SC(CC)C(=O)N2C1c1cccc(OC)c1. The number of carbonyl (C=O) groups is 2. The fraction of sp³-hybridized carbons (Fsp3) is 0.421. The molecule has 1 fully saturated rings. The first-order valence-corrected chi connectivity index (χ1v) is 9.50. The van der Waals surface area contributed by atoms with E-state index >= 15 is 0 Å². The van der Waals surface area contributed by atoms with E-state index in [1.807, 2.05) is 31.2 Å². The zero-order chi connectivity index (χ0) is 18.8. The van der Waals surface area contributed by atoms with Gasteiger partial charge in [-0.05, 0) is 38.0 Å². The van der Waals surface area contributed by atoms with Crippen LogP contribution in [0.4, 0.5) is 0 Å². The molecule has 2 unspecified atom stereocenters. The molecule has 2 heterocycles. The van der Waals surface area contributed by atoms with Crippen molar-refractivity contribution in [3.8, 4) is 5.75 Å². The van der Waals surface area contributed by atoms with Crippen LogP contribution in [-0.4, -0.2) is 40.9 Å². The molecule has 6 nitrogen and oxygen atoms in total. The molecule has 0 bridgehead atoms. The molecular weight excluding hydrogens is 352 g/mol. The van der Waals surface area contributed by atoms with E-state index in [0.717, 1.165) is 5.56 Å². The Kier molecular flexibility index (Phi) is 5.36. The maximum absolute atomic E-state index is 13.0. The van der Waals surface area contributed by atoms with Crippen LogP contribution in [0.1, 0.15) is 38.8 Å². The van der Waals surface area contributed by atoms with Gasteiger partial charge in [0.05, 0.1) is 36.3 Å². The van der Waals surface area contributed by atoms with Gasteiger partial charge >= 0.3 is 5.97 Å². The van der Waals surface area contributed by atoms with Gasteiger partial charge in [-0.15, -0.1) is 0 Å². The van der Waals surface area contributed by atoms with Crippen molar-refractivity contribution in [2.24, 2.45) is 4.99 Å². The molecule has 26 heavy (non-hydrogen) atoms. The topological polar surface area (TPSA) is 68.2 Å². The summed E-state index contributed by atoms with van der Waals surface area (Å²) in [6, 6.07) is 6.85. The van der Waals surface area contributed by atoms with Gasteiger partial charge in [0, 0.05) is 0 Å². The molecule has 2 aliphatic rings. The maximum Gasteiger partial charge on any atom is 0.338 e. The van der Waals surface area contributed by atoms with Gasteiger partial charge < -0.3 is 9.47 Å². The van der Waals surface area contributed by atoms with E-state index in [9.17, 15) is 9.59 Å². The fourth-order valence-corrected chi connectivity index (χ4v) is 4.32. The fourth-order valence-electron chi connectivity index (χ4n) is 3.19. The largest absolute Gasteiger partial charge is 0.497 e. The van der Waals surface area contributed by atoms with Crippen LogP contribution >= 0.6 is 11.8 Å². The van der Waals surface area contributed by atoms with Crippen LogP contribution in [0.2, 0.25) is 0 Å². The van der Waals surface area contributed by atoms with Crippen LogP contribution in [0.25, 0.3) is 0 Å². The first-order chi connectivity index (χ1) is 12.5. The van der Waals surface area contributed by atoms with Crippen LogP contribution in [-0.2, 0) is 14.3 Å². The first-order valence-electron chi connectivity index (χ1n) is 8.62. The van der Waals surface area contributed by atoms with E-state index < -0.39 is 12.0 Å². The number of fused-ring (bicyclic) bond motifs is 1. The third-order valence-corrected chi connectivity index (χ3v) is 5.75. The van der Waals surface area contributed by atoms with Crippen molar-refractivity contribution < 1.29 is 19.1 Å². The van der Waals surface area contributed by atoms with E-state index in [0.29, 0.717) is 28.6 Å². The van der Waals surface area contributed by atoms with Crippen LogP contribution in [0.5, 0.6) is 5.75 Å². The lowest BCUT2D eigenvalue weighted by Gasteiger charge is -2.33. The number of rotatable bonds is 5. The van der Waals surface area contributed by atoms with Gasteiger partial charge in [0.25, 0.3) is 0 Å². The summed E-state index contributed by atoms with van der Waals surface area (Å²) < 4.78 is 10.6. The molecule has 0 saturated carbocycles. The number of hydrogen-bond acceptors (Lipinski definition) is 6. The second kappa shape index (κ2) is 7.53. The zero-order valence-electron chi connectivity index (χ0n) is 15.3. The minimum atomic E-state index is -0.562. The predicted octanol–water partition coefficient (Wildman–Crippen LogP) is 3.30. The standard InChI is InChI=1S/C19H22N2O4S/c1-5-14-17(22)21-16(12-8-7-9-13(10-12)24-4)15(18(23)25-6-2)11(3)20-19(21)26-14/h7-10,14,16H,5-6H2,1-4H3. The Labute approximate surface area is 157 Å². The van der Waals surface area contributed by atoms with Crippen LogP contribution < -0.4 is 4.74 Å². The molecule has 3 rings (SSSR count). The van der Waals surface area contributed by atoms with Crippen molar-refractivity contribution in [2.45, 2.75) is 38.5 Å². The average Bonchev–Trinajstić information content (AvgIpc) is 2.96. The van der Waals surface area contributed by atoms with Gasteiger partial charge in [-0.1, -0.05) is 30.8 Å². The Balaban J connectivity index is 2.14. The number of allylic oxidation sites excluding steroid dienone is 1. The molecule has 0 spiro atoms. The van der Waals surface area contributed by atoms with Gasteiger partial charge in [-0.25, -0.2) is 9.79 Å². The molecule has 7 heteroatoms. The third-order valence-electron chi connectivity index (χ3n) is 4.43. The highest BCUT2D eigenvalue weighted by Crippen LogP contribution is 2.44. The molecule has 0 N–H and O–H groups in total. The zero-order valence-corrected chi connectivity index (χ0v) is 16.1. The van der Waals surface area contributed by atoms with Crippen molar-refractivity contribution in [3.63, 3.8) is 0 Å². The minimum Gasteiger partial charge on any atom is -0.497 e. The lowest BCUT2D eigenvalue weighted by molar-refractivity contribution is -0.139. The molecule has 1 amide bonds. The summed E-state index contributed by atoms with van der Waals surface area (Å²) in [4.78, 5) is 31.8. The summed E-state index contributed by atoms with van der Waals surface area (Å²) in [7, 11) is 1.59. The Morgan fingerprint density at radius 2 is 2.12 bits per heavy atom. The Morgan fingerprint density at radius 3 is 2.77 bits per heavy atom. The average molecular weight is 374 g/mol. The van der Waals surface area contributed by atoms with E-state index in [1.165, 1.54) is 11.8 Å². The van der Waals surface area contributed by atoms with Gasteiger partial charge in [0.15, 0.2) is 5.17 Å². The molecule has 1 aromatic rings. The molecule has 1 aromatic carbocycles. The van der Waals surface area contributed by atoms with Crippen molar-refractivity contribution in [1.29, 1.82) is 0 Å². The quantitative estimate of drug-likeness (QED) is 0.740. The Morgan fingerprint density at radius 1 is 1.35 bits per heavy atom. The van der Waals surface area contributed by atoms with Crippen LogP contribution in [0, 0.1) is 0 Å². The normalized spacial score (nSPS) is 22.2. The number of nitrogens with zero attached hydrogens (tertiary/aromatic N) is 2. The molecule has 0 radical (unpaired) electrons. The van der Waals surface area contributed by atoms with Crippen molar-refractivity contribution in [3.05, 3.63) is 41.1 Å². The monoisotopic (exact) mass is 374 g/mol. The number of carbonyl (C=O) groups excluding carboxylic acids is 2. The smallest absolute Gasteiger partial charge is 0.338 e. The number of methoxy groups -OCH3 is 1. The maximum atomic E-state index is 13.0. The number of amides is 1. The van der Waals surface area contributed by atoms with E-state index in [1.54, 1.807) is 25.9 Å². The second-order valence-corrected chi connectivity index (χ2v) is 7.19. The highest BCUT2D eigenvalue weighted by molar-refractivity contribution is 8.15. The molecule has 0 aromatic heterocycles. The second-order valence-electron chi connectivity index (χ2n) is 6.02. The summed E-state index contributed by atoms with van der Waals surface area (Å²) in [6.45, 7) is 5.78. The highest BCUT2D eigenvalue weighted by atomic mass is 32.2. The van der Waals surface area contributed by atoms with Crippen molar-refractivity contribution >= 4 is 28.8 Å². The molecule has 1 saturated heterocycles.